The van der Waals surface area contributed by atoms with Crippen molar-refractivity contribution < 1.29 is 55.1 Å². The molecule has 0 fully saturated rings. The van der Waals surface area contributed by atoms with Gasteiger partial charge in [0.05, 0.1) is 0 Å². The first-order valence-corrected chi connectivity index (χ1v) is 6.83. The van der Waals surface area contributed by atoms with Crippen molar-refractivity contribution in [1.82, 2.24) is 0 Å². The fourth-order valence-electron chi connectivity index (χ4n) is 0.284. The Morgan fingerprint density at radius 2 is 1.00 bits per heavy atom. The van der Waals surface area contributed by atoms with Gasteiger partial charge in [-0.1, -0.05) is 0 Å². The van der Waals surface area contributed by atoms with Gasteiger partial charge in [-0.3, -0.25) is 0 Å². The minimum Gasteiger partial charge on any atom is -1.00 e. The van der Waals surface area contributed by atoms with E-state index in [1.165, 1.54) is 0 Å². The van der Waals surface area contributed by atoms with Crippen molar-refractivity contribution in [3.05, 3.63) is 0 Å². The third kappa shape index (κ3) is 15.6. The van der Waals surface area contributed by atoms with Gasteiger partial charge in [0.25, 0.3) is 0 Å². The molecule has 0 saturated heterocycles. The Kier molecular flexibility index (Phi) is 10.4. The van der Waals surface area contributed by atoms with Crippen LogP contribution in [0.2, 0.25) is 0 Å². The zero-order valence-corrected chi connectivity index (χ0v) is 11.7. The zero-order chi connectivity index (χ0) is 10.9. The molecule has 0 aromatic heterocycles. The summed E-state index contributed by atoms with van der Waals surface area (Å²) in [5.41, 5.74) is 0. The number of hydrogen-bond acceptors (Lipinski definition) is 5. The van der Waals surface area contributed by atoms with Crippen LogP contribution in [0.3, 0.4) is 0 Å². The maximum atomic E-state index is 10.4. The van der Waals surface area contributed by atoms with E-state index in [0.29, 0.717) is 0 Å². The molecule has 0 bridgehead atoms. The Morgan fingerprint density at radius 1 is 0.800 bits per heavy atom. The van der Waals surface area contributed by atoms with E-state index in [9.17, 15) is 13.7 Å². The van der Waals surface area contributed by atoms with Gasteiger partial charge in [-0.15, -0.1) is 0 Å². The average molecular weight is 318 g/mol. The molecule has 0 aliphatic rings. The minimum absolute atomic E-state index is 0. The summed E-state index contributed by atoms with van der Waals surface area (Å²) in [7, 11) is -16.2. The van der Waals surface area contributed by atoms with Gasteiger partial charge in [0.15, 0.2) is 0 Å². The summed E-state index contributed by atoms with van der Waals surface area (Å²) in [6.07, 6.45) is 0. The molecule has 7 N–H and O–H groups in total. The molecule has 0 amide bonds. The van der Waals surface area contributed by atoms with E-state index in [1.54, 1.807) is 0 Å². The van der Waals surface area contributed by atoms with Gasteiger partial charge < -0.3 is 32.8 Å². The third-order valence-corrected chi connectivity index (χ3v) is 3.77. The van der Waals surface area contributed by atoms with Crippen LogP contribution in [0.4, 0.5) is 0 Å². The van der Waals surface area contributed by atoms with Crippen molar-refractivity contribution >= 4 is 61.2 Å². The van der Waals surface area contributed by atoms with Gasteiger partial charge >= 0.3 is 61.2 Å². The predicted octanol–water partition coefficient (Wildman–Crippen LogP) is -1.68. The van der Waals surface area contributed by atoms with Crippen molar-refractivity contribution in [2.24, 2.45) is 0 Å². The van der Waals surface area contributed by atoms with E-state index in [4.69, 9.17) is 24.5 Å². The zero-order valence-electron chi connectivity index (χ0n) is 8.83. The maximum absolute atomic E-state index is 10.4. The number of rotatable bonds is 4. The molecule has 15 heteroatoms. The van der Waals surface area contributed by atoms with E-state index in [1.807, 2.05) is 0 Å². The first kappa shape index (κ1) is 21.9. The fourth-order valence-corrected chi connectivity index (χ4v) is 2.82. The summed E-state index contributed by atoms with van der Waals surface area (Å²) in [6, 6.07) is 0. The molecule has 92 valence electrons. The van der Waals surface area contributed by atoms with E-state index in [2.05, 4.69) is 8.62 Å². The molecule has 0 rings (SSSR count). The Labute approximate surface area is 116 Å². The summed E-state index contributed by atoms with van der Waals surface area (Å²) in [5.74, 6) is 0. The van der Waals surface area contributed by atoms with Crippen LogP contribution < -0.4 is 0 Å². The quantitative estimate of drug-likeness (QED) is 0.294. The molecule has 0 atom stereocenters. The molecule has 0 saturated carbocycles. The van der Waals surface area contributed by atoms with Crippen LogP contribution >= 0.6 is 23.5 Å². The smallest absolute Gasteiger partial charge is 1.00 e. The molecule has 11 nitrogen and oxygen atoms in total. The number of phosphoric acid groups is 3. The second-order valence-corrected chi connectivity index (χ2v) is 5.82. The fraction of sp³-hybridized carbons (Fsp3) is 0. The summed E-state index contributed by atoms with van der Waals surface area (Å²) >= 11 is 0. The topological polar surface area (TPSA) is 202 Å². The molecule has 0 radical (unpaired) electrons. The minimum atomic E-state index is -5.46. The Hall–Kier alpha value is 1.63. The first-order chi connectivity index (χ1) is 5.41. The monoisotopic (exact) mass is 318 g/mol. The number of hydrogen-bond donors (Lipinski definition) is 5. The Bertz CT molecular complexity index is 287. The molecule has 15 heavy (non-hydrogen) atoms. The second kappa shape index (κ2) is 7.15. The summed E-state index contributed by atoms with van der Waals surface area (Å²) < 4.78 is 36.4. The van der Waals surface area contributed by atoms with Crippen molar-refractivity contribution in [2.75, 3.05) is 0 Å². The van der Waals surface area contributed by atoms with Gasteiger partial charge in [-0.25, -0.2) is 13.7 Å². The van der Waals surface area contributed by atoms with Gasteiger partial charge in [-0.2, -0.15) is 8.62 Å². The van der Waals surface area contributed by atoms with Crippen molar-refractivity contribution in [2.45, 2.75) is 0 Å². The van der Waals surface area contributed by atoms with E-state index in [0.717, 1.165) is 0 Å². The average Bonchev–Trinajstić information content (AvgIpc) is 1.43. The van der Waals surface area contributed by atoms with Crippen molar-refractivity contribution in [3.63, 3.8) is 0 Å². The van der Waals surface area contributed by atoms with Crippen LogP contribution in [0.1, 0.15) is 2.85 Å². The molecule has 0 heterocycles. The standard InChI is InChI=1S/Ca.H5O10P3.H2O.2H/c;1-11(2,3)9-13(7,8)10-12(4,5)6;;;/h;(H,7,8)(H2,1,2,3)(H2,4,5,6);1H2;;/q+2;;;2*-1. The molecule has 0 unspecified atom stereocenters. The Balaban J connectivity index is -0.000000120. The third-order valence-electron chi connectivity index (χ3n) is 0.419. The van der Waals surface area contributed by atoms with Crippen LogP contribution in [0.15, 0.2) is 0 Å². The molecule has 0 spiro atoms. The van der Waals surface area contributed by atoms with Gasteiger partial charge in [0, 0.05) is 0 Å². The summed E-state index contributed by atoms with van der Waals surface area (Å²) in [6.45, 7) is 0. The van der Waals surface area contributed by atoms with Crippen LogP contribution in [0.5, 0.6) is 0 Å². The van der Waals surface area contributed by atoms with Gasteiger partial charge in [0.1, 0.15) is 0 Å². The maximum Gasteiger partial charge on any atom is 2.00 e. The molecule has 0 aromatic rings. The van der Waals surface area contributed by atoms with Crippen LogP contribution in [0, 0.1) is 0 Å². The van der Waals surface area contributed by atoms with Gasteiger partial charge in [-0.05, 0) is 0 Å². The molecule has 0 aromatic carbocycles. The normalized spacial score (nSPS) is 12.6. The first-order valence-electron chi connectivity index (χ1n) is 2.28. The van der Waals surface area contributed by atoms with E-state index in [-0.39, 0.29) is 46.1 Å². The van der Waals surface area contributed by atoms with Crippen LogP contribution in [-0.4, -0.2) is 67.7 Å². The van der Waals surface area contributed by atoms with E-state index >= 15 is 0 Å². The summed E-state index contributed by atoms with van der Waals surface area (Å²) in [5, 5.41) is 0. The SMILES string of the molecule is O.O=P(O)(O)OP(=O)(O)OP(=O)(O)O.[Ca+2].[H-].[H-]. The predicted molar refractivity (Wildman–Crippen MR) is 47.7 cm³/mol. The van der Waals surface area contributed by atoms with Crippen LogP contribution in [-0.2, 0) is 22.3 Å². The molecular formula is H9CaO11P3. The van der Waals surface area contributed by atoms with Gasteiger partial charge in [0.2, 0.25) is 0 Å². The van der Waals surface area contributed by atoms with E-state index < -0.39 is 23.5 Å². The second-order valence-electron chi connectivity index (χ2n) is 1.61. The molecular weight excluding hydrogens is 309 g/mol. The molecule has 0 aliphatic heterocycles. The largest absolute Gasteiger partial charge is 2.00 e. The molecule has 0 aliphatic carbocycles. The van der Waals surface area contributed by atoms with Crippen molar-refractivity contribution in [1.29, 1.82) is 0 Å². The summed E-state index contributed by atoms with van der Waals surface area (Å²) in [4.78, 5) is 40.2. The van der Waals surface area contributed by atoms with Crippen molar-refractivity contribution in [3.8, 4) is 0 Å². The Morgan fingerprint density at radius 3 is 1.13 bits per heavy atom. The van der Waals surface area contributed by atoms with Crippen LogP contribution in [0.25, 0.3) is 0 Å².